The Morgan fingerprint density at radius 2 is 1.80 bits per heavy atom. The number of primary amides is 1. The predicted molar refractivity (Wildman–Crippen MR) is 111 cm³/mol. The number of nitrogens with one attached hydrogen (secondary N) is 2. The highest BCUT2D eigenvalue weighted by Gasteiger charge is 2.28. The smallest absolute Gasteiger partial charge is 0.255 e. The van der Waals surface area contributed by atoms with Crippen LogP contribution in [0.3, 0.4) is 0 Å². The number of rotatable bonds is 9. The van der Waals surface area contributed by atoms with Crippen molar-refractivity contribution in [2.75, 3.05) is 33.9 Å². The zero-order valence-electron chi connectivity index (χ0n) is 17.3. The second-order valence-electron chi connectivity index (χ2n) is 7.29. The largest absolute Gasteiger partial charge is 0.493 e. The van der Waals surface area contributed by atoms with Gasteiger partial charge in [0.15, 0.2) is 18.1 Å². The van der Waals surface area contributed by atoms with Gasteiger partial charge < -0.3 is 30.2 Å². The third kappa shape index (κ3) is 5.42. The summed E-state index contributed by atoms with van der Waals surface area (Å²) in [6.07, 6.45) is 0.919. The number of likely N-dealkylation sites (tertiary alicyclic amines) is 1. The van der Waals surface area contributed by atoms with Crippen LogP contribution < -0.4 is 30.2 Å². The standard InChI is InChI=1S/C22H27N3O5/c1-28-18-10-16(11-19(29-2)21(18)30-14-20(23)26)22(27)24-17-8-9-25(13-17)12-15-6-4-3-5-7-15/h3-7,10-11,17H,8-9,12-14H2,1-2H3,(H2,23,26)(H,24,27)/p+1/t17-/m1/s1. The summed E-state index contributed by atoms with van der Waals surface area (Å²) in [5, 5.41) is 3.10. The van der Waals surface area contributed by atoms with Crippen LogP contribution in [0.5, 0.6) is 17.2 Å². The zero-order valence-corrected chi connectivity index (χ0v) is 17.3. The van der Waals surface area contributed by atoms with Crippen LogP contribution in [0.25, 0.3) is 0 Å². The van der Waals surface area contributed by atoms with Crippen LogP contribution in [0.1, 0.15) is 22.3 Å². The van der Waals surface area contributed by atoms with Gasteiger partial charge in [0.1, 0.15) is 6.54 Å². The molecule has 0 saturated carbocycles. The second kappa shape index (κ2) is 9.98. The van der Waals surface area contributed by atoms with Gasteiger partial charge in [-0.2, -0.15) is 0 Å². The summed E-state index contributed by atoms with van der Waals surface area (Å²) in [6.45, 7) is 2.50. The average molecular weight is 414 g/mol. The molecule has 0 aliphatic carbocycles. The van der Waals surface area contributed by atoms with Crippen LogP contribution in [-0.2, 0) is 11.3 Å². The fourth-order valence-electron chi connectivity index (χ4n) is 3.66. The Morgan fingerprint density at radius 3 is 2.40 bits per heavy atom. The van der Waals surface area contributed by atoms with Gasteiger partial charge in [-0.1, -0.05) is 30.3 Å². The van der Waals surface area contributed by atoms with Crippen molar-refractivity contribution >= 4 is 11.8 Å². The molecule has 1 fully saturated rings. The van der Waals surface area contributed by atoms with Gasteiger partial charge >= 0.3 is 0 Å². The van der Waals surface area contributed by atoms with Crippen molar-refractivity contribution in [3.8, 4) is 17.2 Å². The summed E-state index contributed by atoms with van der Waals surface area (Å²) in [7, 11) is 2.91. The maximum Gasteiger partial charge on any atom is 0.255 e. The molecular weight excluding hydrogens is 386 g/mol. The molecule has 1 saturated heterocycles. The van der Waals surface area contributed by atoms with Gasteiger partial charge in [-0.25, -0.2) is 0 Å². The molecule has 2 aromatic carbocycles. The van der Waals surface area contributed by atoms with Crippen LogP contribution in [0.4, 0.5) is 0 Å². The molecule has 2 aromatic rings. The molecule has 8 heteroatoms. The van der Waals surface area contributed by atoms with Crippen molar-refractivity contribution in [3.63, 3.8) is 0 Å². The van der Waals surface area contributed by atoms with Gasteiger partial charge in [0.25, 0.3) is 11.8 Å². The SMILES string of the molecule is COc1cc(C(=O)N[C@@H]2CC[NH+](Cc3ccccc3)C2)cc(OC)c1OCC(N)=O. The lowest BCUT2D eigenvalue weighted by Crippen LogP contribution is -3.09. The first-order valence-corrected chi connectivity index (χ1v) is 9.85. The quantitative estimate of drug-likeness (QED) is 0.542. The van der Waals surface area contributed by atoms with E-state index in [1.165, 1.54) is 24.7 Å². The number of carbonyl (C=O) groups is 2. The van der Waals surface area contributed by atoms with Crippen molar-refractivity contribution < 1.29 is 28.7 Å². The minimum atomic E-state index is -0.621. The van der Waals surface area contributed by atoms with Gasteiger partial charge in [0, 0.05) is 17.5 Å². The van der Waals surface area contributed by atoms with E-state index >= 15 is 0 Å². The lowest BCUT2D eigenvalue weighted by molar-refractivity contribution is -0.901. The summed E-state index contributed by atoms with van der Waals surface area (Å²) in [5.74, 6) is -0.00886. The van der Waals surface area contributed by atoms with E-state index < -0.39 is 5.91 Å². The fraction of sp³-hybridized carbons (Fsp3) is 0.364. The maximum atomic E-state index is 12.8. The Balaban J connectivity index is 1.65. The van der Waals surface area contributed by atoms with Gasteiger partial charge in [0.05, 0.1) is 33.4 Å². The monoisotopic (exact) mass is 414 g/mol. The molecule has 1 aliphatic heterocycles. The predicted octanol–water partition coefficient (Wildman–Crippen LogP) is 0.155. The molecule has 30 heavy (non-hydrogen) atoms. The first-order valence-electron chi connectivity index (χ1n) is 9.85. The molecule has 4 N–H and O–H groups in total. The summed E-state index contributed by atoms with van der Waals surface area (Å²) >= 11 is 0. The molecule has 0 bridgehead atoms. The fourth-order valence-corrected chi connectivity index (χ4v) is 3.66. The Labute approximate surface area is 175 Å². The topological polar surface area (TPSA) is 104 Å². The molecule has 0 aromatic heterocycles. The normalized spacial score (nSPS) is 17.9. The number of benzene rings is 2. The van der Waals surface area contributed by atoms with Crippen molar-refractivity contribution in [2.24, 2.45) is 5.73 Å². The molecule has 1 heterocycles. The van der Waals surface area contributed by atoms with E-state index in [1.54, 1.807) is 12.1 Å². The van der Waals surface area contributed by atoms with Gasteiger partial charge in [-0.05, 0) is 12.1 Å². The highest BCUT2D eigenvalue weighted by Crippen LogP contribution is 2.38. The zero-order chi connectivity index (χ0) is 21.5. The Morgan fingerprint density at radius 1 is 1.13 bits per heavy atom. The first kappa shape index (κ1) is 21.4. The maximum absolute atomic E-state index is 12.8. The summed E-state index contributed by atoms with van der Waals surface area (Å²) < 4.78 is 16.0. The minimum Gasteiger partial charge on any atom is -0.493 e. The average Bonchev–Trinajstić information content (AvgIpc) is 3.18. The summed E-state index contributed by atoms with van der Waals surface area (Å²) in [4.78, 5) is 25.3. The van der Waals surface area contributed by atoms with Gasteiger partial charge in [-0.3, -0.25) is 9.59 Å². The van der Waals surface area contributed by atoms with E-state index in [4.69, 9.17) is 19.9 Å². The lowest BCUT2D eigenvalue weighted by Gasteiger charge is -2.17. The van der Waals surface area contributed by atoms with Crippen LogP contribution in [0.15, 0.2) is 42.5 Å². The molecular formula is C22H28N3O5+. The third-order valence-corrected chi connectivity index (χ3v) is 5.10. The van der Waals surface area contributed by atoms with E-state index in [1.807, 2.05) is 18.2 Å². The van der Waals surface area contributed by atoms with Crippen molar-refractivity contribution in [1.82, 2.24) is 5.32 Å². The molecule has 2 amide bonds. The molecule has 0 spiro atoms. The van der Waals surface area contributed by atoms with E-state index in [0.29, 0.717) is 17.1 Å². The summed E-state index contributed by atoms with van der Waals surface area (Å²) in [5.41, 5.74) is 6.83. The highest BCUT2D eigenvalue weighted by molar-refractivity contribution is 5.95. The van der Waals surface area contributed by atoms with Gasteiger partial charge in [0.2, 0.25) is 5.75 Å². The van der Waals surface area contributed by atoms with Crippen LogP contribution in [-0.4, -0.2) is 51.8 Å². The molecule has 3 rings (SSSR count). The number of quaternary nitrogens is 1. The van der Waals surface area contributed by atoms with Crippen molar-refractivity contribution in [3.05, 3.63) is 53.6 Å². The number of carbonyl (C=O) groups excluding carboxylic acids is 2. The molecule has 8 nitrogen and oxygen atoms in total. The van der Waals surface area contributed by atoms with Crippen molar-refractivity contribution in [1.29, 1.82) is 0 Å². The number of ether oxygens (including phenoxy) is 3. The molecule has 2 atom stereocenters. The van der Waals surface area contributed by atoms with E-state index in [0.717, 1.165) is 26.1 Å². The Kier molecular flexibility index (Phi) is 7.13. The molecule has 0 radical (unpaired) electrons. The third-order valence-electron chi connectivity index (χ3n) is 5.10. The second-order valence-corrected chi connectivity index (χ2v) is 7.29. The van der Waals surface area contributed by atoms with Crippen LogP contribution >= 0.6 is 0 Å². The Bertz CT molecular complexity index is 863. The Hall–Kier alpha value is -3.26. The van der Waals surface area contributed by atoms with Gasteiger partial charge in [-0.15, -0.1) is 0 Å². The number of nitrogens with two attached hydrogens (primary N) is 1. The highest BCUT2D eigenvalue weighted by atomic mass is 16.5. The van der Waals surface area contributed by atoms with Crippen molar-refractivity contribution in [2.45, 2.75) is 19.0 Å². The van der Waals surface area contributed by atoms with Crippen LogP contribution in [0, 0.1) is 0 Å². The van der Waals surface area contributed by atoms with Crippen LogP contribution in [0.2, 0.25) is 0 Å². The number of hydrogen-bond acceptors (Lipinski definition) is 5. The minimum absolute atomic E-state index is 0.0963. The molecule has 1 aliphatic rings. The van der Waals surface area contributed by atoms with E-state index in [2.05, 4.69) is 17.4 Å². The molecule has 160 valence electrons. The first-order chi connectivity index (χ1) is 14.5. The number of methoxy groups -OCH3 is 2. The molecule has 1 unspecified atom stereocenters. The number of hydrogen-bond donors (Lipinski definition) is 3. The van der Waals surface area contributed by atoms with E-state index in [-0.39, 0.29) is 24.3 Å². The summed E-state index contributed by atoms with van der Waals surface area (Å²) in [6, 6.07) is 13.6. The lowest BCUT2D eigenvalue weighted by atomic mass is 10.1. The van der Waals surface area contributed by atoms with E-state index in [9.17, 15) is 9.59 Å². The number of amides is 2.